The summed E-state index contributed by atoms with van der Waals surface area (Å²) >= 11 is 0. The normalized spacial score (nSPS) is 13.7. The molecule has 1 aromatic carbocycles. The first-order valence-corrected chi connectivity index (χ1v) is 11.1. The van der Waals surface area contributed by atoms with Crippen molar-refractivity contribution < 1.29 is 4.74 Å². The molecular formula is C26H27N5O2. The molecule has 0 bridgehead atoms. The molecule has 0 saturated carbocycles. The Morgan fingerprint density at radius 2 is 2.00 bits per heavy atom. The van der Waals surface area contributed by atoms with Crippen molar-refractivity contribution in [3.05, 3.63) is 93.3 Å². The van der Waals surface area contributed by atoms with Crippen molar-refractivity contribution in [1.82, 2.24) is 24.4 Å². The topological polar surface area (TPSA) is 76.0 Å². The fraction of sp³-hybridized carbons (Fsp3) is 0.269. The fourth-order valence-corrected chi connectivity index (χ4v) is 4.63. The summed E-state index contributed by atoms with van der Waals surface area (Å²) in [4.78, 5) is 27.0. The number of benzene rings is 1. The Kier molecular flexibility index (Phi) is 5.56. The van der Waals surface area contributed by atoms with Crippen molar-refractivity contribution in [2.45, 2.75) is 33.4 Å². The number of hydrogen-bond acceptors (Lipinski definition) is 5. The predicted octanol–water partition coefficient (Wildman–Crippen LogP) is 3.81. The third kappa shape index (κ3) is 4.07. The van der Waals surface area contributed by atoms with Gasteiger partial charge in [-0.1, -0.05) is 12.1 Å². The Balaban J connectivity index is 1.41. The highest BCUT2D eigenvalue weighted by atomic mass is 16.5. The minimum atomic E-state index is -0.0588. The van der Waals surface area contributed by atoms with Gasteiger partial charge in [-0.3, -0.25) is 14.7 Å². The molecule has 0 fully saturated rings. The molecule has 0 saturated heterocycles. The van der Waals surface area contributed by atoms with Gasteiger partial charge in [0.1, 0.15) is 11.4 Å². The Morgan fingerprint density at radius 3 is 2.79 bits per heavy atom. The van der Waals surface area contributed by atoms with Gasteiger partial charge in [-0.15, -0.1) is 0 Å². The molecule has 1 aliphatic heterocycles. The summed E-state index contributed by atoms with van der Waals surface area (Å²) in [7, 11) is 1.69. The van der Waals surface area contributed by atoms with Crippen LogP contribution in [-0.2, 0) is 19.5 Å². The second-order valence-electron chi connectivity index (χ2n) is 8.45. The number of pyridine rings is 1. The number of rotatable bonds is 5. The van der Waals surface area contributed by atoms with Crippen molar-refractivity contribution in [3.63, 3.8) is 0 Å². The molecule has 168 valence electrons. The fourth-order valence-electron chi connectivity index (χ4n) is 4.63. The quantitative estimate of drug-likeness (QED) is 0.510. The number of fused-ring (bicyclic) bond motifs is 1. The Morgan fingerprint density at radius 1 is 1.12 bits per heavy atom. The van der Waals surface area contributed by atoms with E-state index in [0.717, 1.165) is 35.8 Å². The molecule has 4 heterocycles. The lowest BCUT2D eigenvalue weighted by Gasteiger charge is -2.27. The second kappa shape index (κ2) is 8.67. The number of aryl methyl sites for hydroxylation is 1. The lowest BCUT2D eigenvalue weighted by atomic mass is 10.1. The highest BCUT2D eigenvalue weighted by Crippen LogP contribution is 2.26. The van der Waals surface area contributed by atoms with E-state index < -0.39 is 0 Å². The van der Waals surface area contributed by atoms with Crippen LogP contribution in [0.15, 0.2) is 59.5 Å². The first kappa shape index (κ1) is 21.2. The van der Waals surface area contributed by atoms with Gasteiger partial charge in [0.05, 0.1) is 12.8 Å². The Labute approximate surface area is 192 Å². The van der Waals surface area contributed by atoms with Crippen LogP contribution in [0.3, 0.4) is 0 Å². The van der Waals surface area contributed by atoms with Crippen LogP contribution in [0.2, 0.25) is 0 Å². The van der Waals surface area contributed by atoms with Gasteiger partial charge >= 0.3 is 0 Å². The molecule has 0 radical (unpaired) electrons. The summed E-state index contributed by atoms with van der Waals surface area (Å²) in [5, 5.41) is 0. The summed E-state index contributed by atoms with van der Waals surface area (Å²) in [6.45, 7) is 6.55. The van der Waals surface area contributed by atoms with E-state index in [4.69, 9.17) is 9.72 Å². The minimum Gasteiger partial charge on any atom is -0.497 e. The average molecular weight is 442 g/mol. The third-order valence-corrected chi connectivity index (χ3v) is 6.30. The standard InChI is InChI=1S/C26H27N5O2/c1-17-13-19(18(2)31(17)20-7-6-8-21(14-20)33-3)15-30-12-10-22-24(16-30)28-25(29-26(22)32)23-9-4-5-11-27-23/h4-9,11,13-14H,10,12,15-16H2,1-3H3,(H,28,29,32). The number of nitrogens with one attached hydrogen (secondary N) is 1. The maximum Gasteiger partial charge on any atom is 0.254 e. The Hall–Kier alpha value is -3.71. The molecule has 5 rings (SSSR count). The van der Waals surface area contributed by atoms with Crippen molar-refractivity contribution >= 4 is 0 Å². The minimum absolute atomic E-state index is 0.0588. The van der Waals surface area contributed by atoms with Crippen LogP contribution >= 0.6 is 0 Å². The molecule has 0 unspecified atom stereocenters. The van der Waals surface area contributed by atoms with Gasteiger partial charge < -0.3 is 14.3 Å². The lowest BCUT2D eigenvalue weighted by molar-refractivity contribution is 0.240. The van der Waals surface area contributed by atoms with Crippen LogP contribution in [0.25, 0.3) is 17.2 Å². The summed E-state index contributed by atoms with van der Waals surface area (Å²) in [6.07, 6.45) is 2.40. The van der Waals surface area contributed by atoms with E-state index in [9.17, 15) is 4.79 Å². The van der Waals surface area contributed by atoms with Crippen molar-refractivity contribution in [3.8, 4) is 23.0 Å². The molecule has 7 nitrogen and oxygen atoms in total. The number of aromatic amines is 1. The van der Waals surface area contributed by atoms with Crippen LogP contribution in [-0.4, -0.2) is 38.1 Å². The van der Waals surface area contributed by atoms with E-state index >= 15 is 0 Å². The smallest absolute Gasteiger partial charge is 0.254 e. The van der Waals surface area contributed by atoms with Crippen LogP contribution in [0, 0.1) is 13.8 Å². The lowest BCUT2D eigenvalue weighted by Crippen LogP contribution is -2.35. The van der Waals surface area contributed by atoms with E-state index in [1.54, 1.807) is 13.3 Å². The molecule has 1 N–H and O–H groups in total. The third-order valence-electron chi connectivity index (χ3n) is 6.30. The van der Waals surface area contributed by atoms with Gasteiger partial charge in [-0.05, 0) is 56.2 Å². The first-order chi connectivity index (χ1) is 16.0. The Bertz CT molecular complexity index is 1360. The number of hydrogen-bond donors (Lipinski definition) is 1. The number of aromatic nitrogens is 4. The molecule has 33 heavy (non-hydrogen) atoms. The highest BCUT2D eigenvalue weighted by Gasteiger charge is 2.23. The molecule has 7 heteroatoms. The van der Waals surface area contributed by atoms with E-state index in [2.05, 4.69) is 51.5 Å². The molecule has 0 spiro atoms. The van der Waals surface area contributed by atoms with Crippen molar-refractivity contribution in [2.75, 3.05) is 13.7 Å². The van der Waals surface area contributed by atoms with E-state index in [-0.39, 0.29) is 5.56 Å². The molecule has 4 aromatic rings. The van der Waals surface area contributed by atoms with Crippen LogP contribution in [0.5, 0.6) is 5.75 Å². The maximum atomic E-state index is 12.7. The van der Waals surface area contributed by atoms with Crippen molar-refractivity contribution in [1.29, 1.82) is 0 Å². The van der Waals surface area contributed by atoms with Gasteiger partial charge in [-0.25, -0.2) is 4.98 Å². The molecule has 0 amide bonds. The van der Waals surface area contributed by atoms with E-state index in [1.807, 2.05) is 30.3 Å². The summed E-state index contributed by atoms with van der Waals surface area (Å²) in [6, 6.07) is 16.0. The van der Waals surface area contributed by atoms with E-state index in [1.165, 1.54) is 17.0 Å². The van der Waals surface area contributed by atoms with Gasteiger partial charge in [0.15, 0.2) is 5.82 Å². The molecular weight excluding hydrogens is 414 g/mol. The van der Waals surface area contributed by atoms with Gasteiger partial charge in [0.2, 0.25) is 0 Å². The van der Waals surface area contributed by atoms with Crippen LogP contribution in [0.4, 0.5) is 0 Å². The molecule has 0 atom stereocenters. The van der Waals surface area contributed by atoms with Crippen molar-refractivity contribution in [2.24, 2.45) is 0 Å². The summed E-state index contributed by atoms with van der Waals surface area (Å²) in [5.74, 6) is 1.37. The SMILES string of the molecule is COc1cccc(-n2c(C)cc(CN3CCc4c(nc(-c5ccccn5)[nH]c4=O)C3)c2C)c1. The van der Waals surface area contributed by atoms with Crippen LogP contribution < -0.4 is 10.3 Å². The molecule has 3 aromatic heterocycles. The maximum absolute atomic E-state index is 12.7. The number of ether oxygens (including phenoxy) is 1. The largest absolute Gasteiger partial charge is 0.497 e. The zero-order valence-electron chi connectivity index (χ0n) is 19.1. The molecule has 0 aliphatic carbocycles. The second-order valence-corrected chi connectivity index (χ2v) is 8.45. The number of methoxy groups -OCH3 is 1. The summed E-state index contributed by atoms with van der Waals surface area (Å²) in [5.41, 5.74) is 6.99. The first-order valence-electron chi connectivity index (χ1n) is 11.1. The van der Waals surface area contributed by atoms with Gasteiger partial charge in [0.25, 0.3) is 5.56 Å². The summed E-state index contributed by atoms with van der Waals surface area (Å²) < 4.78 is 7.67. The monoisotopic (exact) mass is 441 g/mol. The number of nitrogens with zero attached hydrogens (tertiary/aromatic N) is 4. The van der Waals surface area contributed by atoms with Gasteiger partial charge in [0, 0.05) is 54.5 Å². The number of H-pyrrole nitrogens is 1. The van der Waals surface area contributed by atoms with Gasteiger partial charge in [-0.2, -0.15) is 0 Å². The zero-order chi connectivity index (χ0) is 22.9. The molecule has 1 aliphatic rings. The predicted molar refractivity (Wildman–Crippen MR) is 128 cm³/mol. The van der Waals surface area contributed by atoms with Crippen LogP contribution in [0.1, 0.15) is 28.2 Å². The van der Waals surface area contributed by atoms with E-state index in [0.29, 0.717) is 24.5 Å². The highest BCUT2D eigenvalue weighted by molar-refractivity contribution is 5.49. The zero-order valence-corrected chi connectivity index (χ0v) is 19.1. The average Bonchev–Trinajstić information content (AvgIpc) is 3.11.